The third-order valence-corrected chi connectivity index (χ3v) is 4.73. The average Bonchev–Trinajstić information content (AvgIpc) is 3.00. The molecule has 1 heterocycles. The monoisotopic (exact) mass is 433 g/mol. The normalized spacial score (nSPS) is 11.4. The number of hydrogen-bond acceptors (Lipinski definition) is 5. The number of carbonyl (C=O) groups excluding carboxylic acids is 1. The molecule has 0 fully saturated rings. The van der Waals surface area contributed by atoms with Crippen molar-refractivity contribution in [3.05, 3.63) is 86.7 Å². The molecule has 10 heteroatoms. The smallest absolute Gasteiger partial charge is 0.416 e. The summed E-state index contributed by atoms with van der Waals surface area (Å²) in [4.78, 5) is 22.4. The van der Waals surface area contributed by atoms with Gasteiger partial charge in [0, 0.05) is 23.4 Å². The molecule has 7 nitrogen and oxygen atoms in total. The minimum Gasteiger partial charge on any atom is -0.461 e. The fraction of sp³-hybridized carbons (Fsp3) is 0.238. The largest absolute Gasteiger partial charge is 0.461 e. The predicted molar refractivity (Wildman–Crippen MR) is 105 cm³/mol. The predicted octanol–water partition coefficient (Wildman–Crippen LogP) is 4.70. The quantitative estimate of drug-likeness (QED) is 0.319. The summed E-state index contributed by atoms with van der Waals surface area (Å²) in [6, 6.07) is 10.4. The van der Waals surface area contributed by atoms with Crippen molar-refractivity contribution in [2.24, 2.45) is 0 Å². The zero-order chi connectivity index (χ0) is 22.8. The van der Waals surface area contributed by atoms with E-state index in [2.05, 4.69) is 5.10 Å². The van der Waals surface area contributed by atoms with Crippen LogP contribution in [-0.2, 0) is 28.7 Å². The summed E-state index contributed by atoms with van der Waals surface area (Å²) >= 11 is 0. The van der Waals surface area contributed by atoms with E-state index in [1.54, 1.807) is 13.8 Å². The van der Waals surface area contributed by atoms with Gasteiger partial charge in [0.05, 0.1) is 28.3 Å². The van der Waals surface area contributed by atoms with Crippen LogP contribution in [0.2, 0.25) is 0 Å². The number of aromatic nitrogens is 2. The number of rotatable bonds is 6. The van der Waals surface area contributed by atoms with Crippen LogP contribution in [0.1, 0.15) is 28.1 Å². The standard InChI is InChI=1S/C21H18F3N3O4/c1-13-19(11-20(28)31-12-15-6-8-17(9-7-15)27(29)30)14(2)26(25-13)18-5-3-4-16(10-18)21(22,23)24/h3-10H,11-12H2,1-2H3. The van der Waals surface area contributed by atoms with Gasteiger partial charge in [0.25, 0.3) is 5.69 Å². The molecule has 0 radical (unpaired) electrons. The molecule has 2 aromatic carbocycles. The zero-order valence-electron chi connectivity index (χ0n) is 16.6. The van der Waals surface area contributed by atoms with Crippen molar-refractivity contribution < 1.29 is 27.6 Å². The van der Waals surface area contributed by atoms with Gasteiger partial charge in [0.1, 0.15) is 6.61 Å². The van der Waals surface area contributed by atoms with Gasteiger partial charge in [-0.3, -0.25) is 14.9 Å². The maximum absolute atomic E-state index is 13.0. The minimum atomic E-state index is -4.48. The Bertz CT molecular complexity index is 1120. The van der Waals surface area contributed by atoms with E-state index in [-0.39, 0.29) is 24.4 Å². The molecule has 1 aromatic heterocycles. The van der Waals surface area contributed by atoms with Gasteiger partial charge in [-0.2, -0.15) is 18.3 Å². The number of benzene rings is 2. The van der Waals surface area contributed by atoms with Crippen molar-refractivity contribution in [2.75, 3.05) is 0 Å². The summed E-state index contributed by atoms with van der Waals surface area (Å²) < 4.78 is 45.6. The first-order valence-corrected chi connectivity index (χ1v) is 9.18. The highest BCUT2D eigenvalue weighted by Crippen LogP contribution is 2.31. The van der Waals surface area contributed by atoms with E-state index < -0.39 is 22.6 Å². The molecule has 0 aliphatic carbocycles. The maximum Gasteiger partial charge on any atom is 0.416 e. The van der Waals surface area contributed by atoms with E-state index in [0.29, 0.717) is 22.5 Å². The first kappa shape index (κ1) is 22.0. The van der Waals surface area contributed by atoms with E-state index in [4.69, 9.17) is 4.74 Å². The number of aryl methyl sites for hydroxylation is 1. The number of halogens is 3. The lowest BCUT2D eigenvalue weighted by Crippen LogP contribution is -2.10. The molecule has 0 aliphatic rings. The summed E-state index contributed by atoms with van der Waals surface area (Å²) in [6.07, 6.45) is -4.58. The van der Waals surface area contributed by atoms with Crippen molar-refractivity contribution in [3.8, 4) is 5.69 Å². The number of carbonyl (C=O) groups is 1. The molecule has 162 valence electrons. The molecule has 0 spiro atoms. The van der Waals surface area contributed by atoms with Gasteiger partial charge in [-0.05, 0) is 49.7 Å². The van der Waals surface area contributed by atoms with E-state index in [0.717, 1.165) is 12.1 Å². The van der Waals surface area contributed by atoms with E-state index >= 15 is 0 Å². The first-order chi connectivity index (χ1) is 14.6. The van der Waals surface area contributed by atoms with Crippen LogP contribution in [0, 0.1) is 24.0 Å². The van der Waals surface area contributed by atoms with Gasteiger partial charge >= 0.3 is 12.1 Å². The second kappa shape index (κ2) is 8.58. The van der Waals surface area contributed by atoms with E-state index in [1.165, 1.54) is 41.1 Å². The number of non-ortho nitro benzene ring substituents is 1. The van der Waals surface area contributed by atoms with Crippen LogP contribution in [-0.4, -0.2) is 20.7 Å². The lowest BCUT2D eigenvalue weighted by molar-refractivity contribution is -0.384. The summed E-state index contributed by atoms with van der Waals surface area (Å²) in [5.74, 6) is -0.548. The second-order valence-electron chi connectivity index (χ2n) is 6.87. The SMILES string of the molecule is Cc1nn(-c2cccc(C(F)(F)F)c2)c(C)c1CC(=O)OCc1ccc([N+](=O)[O-])cc1. The molecule has 0 aliphatic heterocycles. The molecule has 3 rings (SSSR count). The minimum absolute atomic E-state index is 0.0588. The Morgan fingerprint density at radius 3 is 2.45 bits per heavy atom. The molecule has 31 heavy (non-hydrogen) atoms. The highest BCUT2D eigenvalue weighted by Gasteiger charge is 2.30. The molecule has 0 N–H and O–H groups in total. The number of hydrogen-bond donors (Lipinski definition) is 0. The highest BCUT2D eigenvalue weighted by atomic mass is 19.4. The van der Waals surface area contributed by atoms with Crippen molar-refractivity contribution in [2.45, 2.75) is 33.1 Å². The Morgan fingerprint density at radius 1 is 1.16 bits per heavy atom. The van der Waals surface area contributed by atoms with Gasteiger partial charge in [-0.25, -0.2) is 4.68 Å². The van der Waals surface area contributed by atoms with Crippen LogP contribution < -0.4 is 0 Å². The van der Waals surface area contributed by atoms with Crippen LogP contribution >= 0.6 is 0 Å². The average molecular weight is 433 g/mol. The summed E-state index contributed by atoms with van der Waals surface area (Å²) in [5.41, 5.74) is 1.57. The van der Waals surface area contributed by atoms with Crippen LogP contribution in [0.25, 0.3) is 5.69 Å². The number of ether oxygens (including phenoxy) is 1. The Labute approximate surface area is 175 Å². The lowest BCUT2D eigenvalue weighted by atomic mass is 10.1. The van der Waals surface area contributed by atoms with Gasteiger partial charge in [0.15, 0.2) is 0 Å². The Hall–Kier alpha value is -3.69. The number of nitrogens with zero attached hydrogens (tertiary/aromatic N) is 3. The summed E-state index contributed by atoms with van der Waals surface area (Å²) in [6.45, 7) is 3.27. The van der Waals surface area contributed by atoms with E-state index in [9.17, 15) is 28.1 Å². The molecule has 0 bridgehead atoms. The third kappa shape index (κ3) is 5.08. The molecule has 3 aromatic rings. The summed E-state index contributed by atoms with van der Waals surface area (Å²) in [7, 11) is 0. The van der Waals surface area contributed by atoms with Crippen molar-refractivity contribution in [1.29, 1.82) is 0 Å². The Balaban J connectivity index is 1.72. The maximum atomic E-state index is 13.0. The summed E-state index contributed by atoms with van der Waals surface area (Å²) in [5, 5.41) is 15.0. The van der Waals surface area contributed by atoms with Crippen molar-refractivity contribution >= 4 is 11.7 Å². The van der Waals surface area contributed by atoms with Gasteiger partial charge < -0.3 is 4.74 Å². The number of alkyl halides is 3. The topological polar surface area (TPSA) is 87.3 Å². The highest BCUT2D eigenvalue weighted by molar-refractivity contribution is 5.73. The number of esters is 1. The van der Waals surface area contributed by atoms with Crippen LogP contribution in [0.5, 0.6) is 0 Å². The Kier molecular flexibility index (Phi) is 6.09. The van der Waals surface area contributed by atoms with Gasteiger partial charge in [0.2, 0.25) is 0 Å². The molecule has 0 saturated carbocycles. The number of nitro groups is 1. The Morgan fingerprint density at radius 2 is 1.84 bits per heavy atom. The molecule has 0 unspecified atom stereocenters. The zero-order valence-corrected chi connectivity index (χ0v) is 16.6. The fourth-order valence-electron chi connectivity index (χ4n) is 3.07. The van der Waals surface area contributed by atoms with Crippen LogP contribution in [0.4, 0.5) is 18.9 Å². The lowest BCUT2D eigenvalue weighted by Gasteiger charge is -2.10. The fourth-order valence-corrected chi connectivity index (χ4v) is 3.07. The molecule has 0 atom stereocenters. The van der Waals surface area contributed by atoms with Crippen LogP contribution in [0.3, 0.4) is 0 Å². The van der Waals surface area contributed by atoms with Crippen molar-refractivity contribution in [1.82, 2.24) is 9.78 Å². The van der Waals surface area contributed by atoms with Gasteiger partial charge in [-0.1, -0.05) is 6.07 Å². The second-order valence-corrected chi connectivity index (χ2v) is 6.87. The third-order valence-electron chi connectivity index (χ3n) is 4.73. The molecular weight excluding hydrogens is 415 g/mol. The number of nitro benzene ring substituents is 1. The molecular formula is C21H18F3N3O4. The first-order valence-electron chi connectivity index (χ1n) is 9.18. The molecule has 0 amide bonds. The molecule has 0 saturated heterocycles. The van der Waals surface area contributed by atoms with Gasteiger partial charge in [-0.15, -0.1) is 0 Å². The van der Waals surface area contributed by atoms with E-state index in [1.807, 2.05) is 0 Å². The van der Waals surface area contributed by atoms with Crippen LogP contribution in [0.15, 0.2) is 48.5 Å². The van der Waals surface area contributed by atoms with Crippen molar-refractivity contribution in [3.63, 3.8) is 0 Å².